The number of imidazole rings is 1. The first-order valence-corrected chi connectivity index (χ1v) is 8.92. The van der Waals surface area contributed by atoms with Crippen molar-refractivity contribution < 1.29 is 9.18 Å². The van der Waals surface area contributed by atoms with Crippen LogP contribution in [0.15, 0.2) is 60.0 Å². The molecule has 1 amide bonds. The number of pyridine rings is 1. The van der Waals surface area contributed by atoms with Crippen LogP contribution in [0.2, 0.25) is 0 Å². The number of nitrogens with one attached hydrogen (secondary N) is 1. The maximum absolute atomic E-state index is 13.2. The Kier molecular flexibility index (Phi) is 5.14. The van der Waals surface area contributed by atoms with E-state index in [0.717, 1.165) is 5.69 Å². The summed E-state index contributed by atoms with van der Waals surface area (Å²) in [6.45, 7) is 1.87. The van der Waals surface area contributed by atoms with E-state index in [9.17, 15) is 9.18 Å². The van der Waals surface area contributed by atoms with E-state index < -0.39 is 0 Å². The Morgan fingerprint density at radius 1 is 1.20 bits per heavy atom. The Morgan fingerprint density at radius 2 is 1.96 bits per heavy atom. The fourth-order valence-corrected chi connectivity index (χ4v) is 3.00. The normalized spacial score (nSPS) is 12.0. The first-order valence-electron chi connectivity index (χ1n) is 7.69. The van der Waals surface area contributed by atoms with E-state index in [1.807, 2.05) is 31.4 Å². The summed E-state index contributed by atoms with van der Waals surface area (Å²) < 4.78 is 14.9. The molecule has 0 unspecified atom stereocenters. The molecular formula is C18H17FN4OS. The average Bonchev–Trinajstić information content (AvgIpc) is 3.07. The predicted octanol–water partition coefficient (Wildman–Crippen LogP) is 3.62. The molecular weight excluding hydrogens is 339 g/mol. The van der Waals surface area contributed by atoms with Crippen LogP contribution in [0.25, 0.3) is 5.69 Å². The van der Waals surface area contributed by atoms with Crippen molar-refractivity contribution in [2.24, 2.45) is 0 Å². The highest BCUT2D eigenvalue weighted by Crippen LogP contribution is 2.22. The number of aromatic nitrogens is 3. The minimum Gasteiger partial charge on any atom is -0.343 e. The summed E-state index contributed by atoms with van der Waals surface area (Å²) in [4.78, 5) is 21.3. The summed E-state index contributed by atoms with van der Waals surface area (Å²) in [5.74, 6) is -0.598. The van der Waals surface area contributed by atoms with Crippen LogP contribution in [0, 0.1) is 5.82 Å². The van der Waals surface area contributed by atoms with Crippen LogP contribution in [0.5, 0.6) is 0 Å². The van der Waals surface area contributed by atoms with Gasteiger partial charge in [-0.15, -0.1) is 0 Å². The third kappa shape index (κ3) is 3.71. The van der Waals surface area contributed by atoms with Gasteiger partial charge in [-0.1, -0.05) is 17.8 Å². The highest BCUT2D eigenvalue weighted by Gasteiger charge is 2.20. The van der Waals surface area contributed by atoms with Crippen molar-refractivity contribution in [3.8, 4) is 5.69 Å². The third-order valence-electron chi connectivity index (χ3n) is 3.71. The highest BCUT2D eigenvalue weighted by molar-refractivity contribution is 7.98. The molecule has 2 heterocycles. The second-order valence-corrected chi connectivity index (χ2v) is 6.17. The Morgan fingerprint density at radius 3 is 2.60 bits per heavy atom. The fraction of sp³-hybridized carbons (Fsp3) is 0.167. The largest absolute Gasteiger partial charge is 0.343 e. The molecule has 0 aliphatic rings. The van der Waals surface area contributed by atoms with Crippen LogP contribution in [0.3, 0.4) is 0 Å². The molecule has 0 saturated heterocycles. The van der Waals surface area contributed by atoms with Crippen molar-refractivity contribution in [1.82, 2.24) is 19.9 Å². The molecule has 1 aromatic carbocycles. The van der Waals surface area contributed by atoms with Crippen molar-refractivity contribution in [2.45, 2.75) is 18.1 Å². The zero-order valence-electron chi connectivity index (χ0n) is 13.8. The minimum absolute atomic E-state index is 0.247. The van der Waals surface area contributed by atoms with Gasteiger partial charge in [0.2, 0.25) is 0 Å². The molecule has 1 atom stereocenters. The lowest BCUT2D eigenvalue weighted by Crippen LogP contribution is -2.29. The molecule has 3 aromatic rings. The first-order chi connectivity index (χ1) is 12.1. The van der Waals surface area contributed by atoms with Gasteiger partial charge in [0, 0.05) is 11.9 Å². The van der Waals surface area contributed by atoms with Gasteiger partial charge in [-0.3, -0.25) is 14.3 Å². The number of hydrogen-bond donors (Lipinski definition) is 1. The van der Waals surface area contributed by atoms with Crippen molar-refractivity contribution >= 4 is 17.7 Å². The number of rotatable bonds is 5. The standard InChI is InChI=1S/C18H17FN4OS/c1-12(15-5-3-4-10-20-15)22-17(24)16-11-21-18(25-2)23(16)14-8-6-13(19)7-9-14/h3-12H,1-2H3,(H,22,24)/t12-/m0/s1. The summed E-state index contributed by atoms with van der Waals surface area (Å²) in [5, 5.41) is 3.58. The zero-order valence-corrected chi connectivity index (χ0v) is 14.6. The molecule has 1 N–H and O–H groups in total. The molecule has 0 saturated carbocycles. The highest BCUT2D eigenvalue weighted by atomic mass is 32.2. The van der Waals surface area contributed by atoms with Crippen LogP contribution >= 0.6 is 11.8 Å². The second-order valence-electron chi connectivity index (χ2n) is 5.39. The molecule has 0 aliphatic carbocycles. The summed E-state index contributed by atoms with van der Waals surface area (Å²) >= 11 is 1.41. The van der Waals surface area contributed by atoms with Gasteiger partial charge in [0.1, 0.15) is 11.5 Å². The minimum atomic E-state index is -0.329. The summed E-state index contributed by atoms with van der Waals surface area (Å²) in [5.41, 5.74) is 1.84. The Labute approximate surface area is 149 Å². The maximum Gasteiger partial charge on any atom is 0.270 e. The van der Waals surface area contributed by atoms with Crippen LogP contribution in [0.4, 0.5) is 4.39 Å². The van der Waals surface area contributed by atoms with Gasteiger partial charge in [0.15, 0.2) is 5.16 Å². The van der Waals surface area contributed by atoms with Crippen LogP contribution in [-0.4, -0.2) is 26.7 Å². The zero-order chi connectivity index (χ0) is 17.8. The van der Waals surface area contributed by atoms with Gasteiger partial charge in [0.25, 0.3) is 5.91 Å². The molecule has 3 rings (SSSR count). The fourth-order valence-electron chi connectivity index (χ4n) is 2.46. The van der Waals surface area contributed by atoms with E-state index in [0.29, 0.717) is 16.5 Å². The third-order valence-corrected chi connectivity index (χ3v) is 4.36. The number of thioether (sulfide) groups is 1. The smallest absolute Gasteiger partial charge is 0.270 e. The number of hydrogen-bond acceptors (Lipinski definition) is 4. The molecule has 25 heavy (non-hydrogen) atoms. The Balaban J connectivity index is 1.90. The molecule has 0 bridgehead atoms. The molecule has 7 heteroatoms. The number of carbonyl (C=O) groups is 1. The van der Waals surface area contributed by atoms with Crippen LogP contribution in [-0.2, 0) is 0 Å². The Bertz CT molecular complexity index is 865. The van der Waals surface area contributed by atoms with Crippen molar-refractivity contribution in [3.63, 3.8) is 0 Å². The van der Waals surface area contributed by atoms with Crippen molar-refractivity contribution in [1.29, 1.82) is 0 Å². The number of halogens is 1. The van der Waals surface area contributed by atoms with Gasteiger partial charge in [-0.05, 0) is 49.6 Å². The van der Waals surface area contributed by atoms with E-state index in [2.05, 4.69) is 15.3 Å². The van der Waals surface area contributed by atoms with E-state index >= 15 is 0 Å². The molecule has 0 spiro atoms. The lowest BCUT2D eigenvalue weighted by atomic mass is 10.2. The SMILES string of the molecule is CSc1ncc(C(=O)N[C@@H](C)c2ccccn2)n1-c1ccc(F)cc1. The van der Waals surface area contributed by atoms with Crippen LogP contribution < -0.4 is 5.32 Å². The van der Waals surface area contributed by atoms with Gasteiger partial charge in [0.05, 0.1) is 17.9 Å². The molecule has 0 aliphatic heterocycles. The molecule has 2 aromatic heterocycles. The summed E-state index contributed by atoms with van der Waals surface area (Å²) in [6, 6.07) is 11.3. The molecule has 5 nitrogen and oxygen atoms in total. The quantitative estimate of drug-likeness (QED) is 0.710. The van der Waals surface area contributed by atoms with E-state index in [-0.39, 0.29) is 17.8 Å². The Hall–Kier alpha value is -2.67. The van der Waals surface area contributed by atoms with Crippen molar-refractivity contribution in [3.05, 3.63) is 72.1 Å². The maximum atomic E-state index is 13.2. The van der Waals surface area contributed by atoms with E-state index in [4.69, 9.17) is 0 Å². The van der Waals surface area contributed by atoms with Gasteiger partial charge in [-0.2, -0.15) is 0 Å². The van der Waals surface area contributed by atoms with Gasteiger partial charge >= 0.3 is 0 Å². The number of benzene rings is 1. The number of amides is 1. The lowest BCUT2D eigenvalue weighted by molar-refractivity contribution is 0.0931. The number of nitrogens with zero attached hydrogens (tertiary/aromatic N) is 3. The van der Waals surface area contributed by atoms with Crippen molar-refractivity contribution in [2.75, 3.05) is 6.26 Å². The van der Waals surface area contributed by atoms with E-state index in [1.54, 1.807) is 22.9 Å². The lowest BCUT2D eigenvalue weighted by Gasteiger charge is -2.15. The number of carbonyl (C=O) groups excluding carboxylic acids is 1. The summed E-state index contributed by atoms with van der Waals surface area (Å²) in [7, 11) is 0. The monoisotopic (exact) mass is 356 g/mol. The molecule has 0 radical (unpaired) electrons. The molecule has 128 valence electrons. The van der Waals surface area contributed by atoms with Crippen LogP contribution in [0.1, 0.15) is 29.1 Å². The predicted molar refractivity (Wildman–Crippen MR) is 95.4 cm³/mol. The first kappa shape index (κ1) is 17.2. The van der Waals surface area contributed by atoms with Gasteiger partial charge in [-0.25, -0.2) is 9.37 Å². The topological polar surface area (TPSA) is 59.8 Å². The second kappa shape index (κ2) is 7.48. The summed E-state index contributed by atoms with van der Waals surface area (Å²) in [6.07, 6.45) is 5.09. The van der Waals surface area contributed by atoms with E-state index in [1.165, 1.54) is 30.1 Å². The molecule has 0 fully saturated rings. The average molecular weight is 356 g/mol. The van der Waals surface area contributed by atoms with Gasteiger partial charge < -0.3 is 5.32 Å².